The molecule has 0 spiro atoms. The molecule has 0 atom stereocenters. The van der Waals surface area contributed by atoms with Gasteiger partial charge in [-0.25, -0.2) is 4.68 Å². The van der Waals surface area contributed by atoms with Gasteiger partial charge in [0.2, 0.25) is 5.91 Å². The molecule has 3 heterocycles. The van der Waals surface area contributed by atoms with E-state index in [4.69, 9.17) is 4.52 Å². The van der Waals surface area contributed by atoms with Crippen molar-refractivity contribution in [1.29, 1.82) is 0 Å². The van der Waals surface area contributed by atoms with Crippen LogP contribution in [0.1, 0.15) is 30.7 Å². The number of ketones is 1. The maximum absolute atomic E-state index is 12.6. The number of Topliss-reactive ketones (excluding diaryl/α,β-unsaturated/α-hetero) is 1. The van der Waals surface area contributed by atoms with Crippen molar-refractivity contribution in [3.05, 3.63) is 52.3 Å². The van der Waals surface area contributed by atoms with Crippen molar-refractivity contribution in [3.8, 4) is 11.3 Å². The molecule has 0 saturated heterocycles. The molecule has 150 valence electrons. The molecule has 1 aliphatic rings. The van der Waals surface area contributed by atoms with Gasteiger partial charge in [0.15, 0.2) is 0 Å². The van der Waals surface area contributed by atoms with Crippen molar-refractivity contribution < 1.29 is 14.1 Å². The summed E-state index contributed by atoms with van der Waals surface area (Å²) < 4.78 is 8.11. The zero-order valence-electron chi connectivity index (χ0n) is 16.1. The third-order valence-corrected chi connectivity index (χ3v) is 5.37. The van der Waals surface area contributed by atoms with Crippen molar-refractivity contribution in [2.75, 3.05) is 11.4 Å². The number of anilines is 1. The molecule has 0 N–H and O–H groups in total. The van der Waals surface area contributed by atoms with Crippen LogP contribution in [0.5, 0.6) is 0 Å². The Bertz CT molecular complexity index is 1060. The molecule has 0 bridgehead atoms. The van der Waals surface area contributed by atoms with E-state index < -0.39 is 0 Å². The van der Waals surface area contributed by atoms with E-state index in [9.17, 15) is 9.59 Å². The minimum absolute atomic E-state index is 0.0445. The van der Waals surface area contributed by atoms with E-state index in [-0.39, 0.29) is 31.0 Å². The summed E-state index contributed by atoms with van der Waals surface area (Å²) >= 11 is 3.43. The highest BCUT2D eigenvalue weighted by atomic mass is 79.9. The number of aromatic nitrogens is 3. The molecule has 1 amide bonds. The molecule has 0 unspecified atom stereocenters. The summed E-state index contributed by atoms with van der Waals surface area (Å²) in [5.74, 6) is 1.23. The third kappa shape index (κ3) is 4.48. The summed E-state index contributed by atoms with van der Waals surface area (Å²) in [6, 6.07) is 11.4. The Morgan fingerprint density at radius 3 is 2.86 bits per heavy atom. The number of amides is 1. The first kappa shape index (κ1) is 19.6. The maximum atomic E-state index is 12.6. The van der Waals surface area contributed by atoms with E-state index in [2.05, 4.69) is 26.2 Å². The van der Waals surface area contributed by atoms with Gasteiger partial charge in [-0.15, -0.1) is 0 Å². The Morgan fingerprint density at radius 1 is 1.17 bits per heavy atom. The number of aryl methyl sites for hydroxylation is 2. The average Bonchev–Trinajstić information content (AvgIpc) is 3.31. The van der Waals surface area contributed by atoms with Crippen LogP contribution in [0, 0.1) is 6.92 Å². The van der Waals surface area contributed by atoms with Crippen LogP contribution >= 0.6 is 15.9 Å². The fourth-order valence-electron chi connectivity index (χ4n) is 3.50. The minimum Gasteiger partial charge on any atom is -0.360 e. The van der Waals surface area contributed by atoms with E-state index in [1.54, 1.807) is 11.0 Å². The first-order chi connectivity index (χ1) is 14.0. The molecule has 0 radical (unpaired) electrons. The molecule has 29 heavy (non-hydrogen) atoms. The first-order valence-corrected chi connectivity index (χ1v) is 10.4. The van der Waals surface area contributed by atoms with Crippen molar-refractivity contribution in [2.24, 2.45) is 0 Å². The highest BCUT2D eigenvalue weighted by molar-refractivity contribution is 9.10. The van der Waals surface area contributed by atoms with Gasteiger partial charge in [0, 0.05) is 48.1 Å². The van der Waals surface area contributed by atoms with Gasteiger partial charge in [0.05, 0.1) is 12.1 Å². The van der Waals surface area contributed by atoms with E-state index in [1.807, 2.05) is 41.9 Å². The maximum Gasteiger partial charge on any atom is 0.228 e. The number of halogens is 1. The highest BCUT2D eigenvalue weighted by Gasteiger charge is 2.24. The molecule has 0 fully saturated rings. The third-order valence-electron chi connectivity index (χ3n) is 4.88. The second kappa shape index (κ2) is 8.32. The smallest absolute Gasteiger partial charge is 0.228 e. The lowest BCUT2D eigenvalue weighted by atomic mass is 10.1. The predicted octanol–water partition coefficient (Wildman–Crippen LogP) is 3.94. The molecule has 2 aromatic heterocycles. The fraction of sp³-hybridized carbons (Fsp3) is 0.333. The summed E-state index contributed by atoms with van der Waals surface area (Å²) in [5, 5.41) is 8.44. The van der Waals surface area contributed by atoms with Gasteiger partial charge < -0.3 is 4.52 Å². The van der Waals surface area contributed by atoms with E-state index in [1.165, 1.54) is 0 Å². The second-order valence-corrected chi connectivity index (χ2v) is 8.09. The van der Waals surface area contributed by atoms with Crippen LogP contribution in [0.25, 0.3) is 11.3 Å². The molecule has 1 aliphatic heterocycles. The summed E-state index contributed by atoms with van der Waals surface area (Å²) in [6.07, 6.45) is 1.35. The summed E-state index contributed by atoms with van der Waals surface area (Å²) in [5.41, 5.74) is 2.48. The standard InChI is InChI=1S/C21H21BrN4O3/c1-14-10-20-25(8-3-9-26(20)23-14)21(28)7-6-17(27)12-18-13-19(24-29-18)15-4-2-5-16(22)11-15/h2,4-5,10-11,13H,3,6-9,12H2,1H3. The van der Waals surface area contributed by atoms with Crippen LogP contribution < -0.4 is 4.90 Å². The Kier molecular flexibility index (Phi) is 5.62. The topological polar surface area (TPSA) is 81.2 Å². The quantitative estimate of drug-likeness (QED) is 0.560. The van der Waals surface area contributed by atoms with Gasteiger partial charge in [0.25, 0.3) is 0 Å². The zero-order chi connectivity index (χ0) is 20.4. The summed E-state index contributed by atoms with van der Waals surface area (Å²) in [4.78, 5) is 26.7. The van der Waals surface area contributed by atoms with Crippen LogP contribution in [0.3, 0.4) is 0 Å². The van der Waals surface area contributed by atoms with Crippen molar-refractivity contribution in [3.63, 3.8) is 0 Å². The van der Waals surface area contributed by atoms with Crippen LogP contribution in [0.4, 0.5) is 5.82 Å². The predicted molar refractivity (Wildman–Crippen MR) is 112 cm³/mol. The zero-order valence-corrected chi connectivity index (χ0v) is 17.7. The molecule has 7 nitrogen and oxygen atoms in total. The van der Waals surface area contributed by atoms with Crippen molar-refractivity contribution >= 4 is 33.4 Å². The number of carbonyl (C=O) groups is 2. The Hall–Kier alpha value is -2.74. The number of benzene rings is 1. The number of rotatable bonds is 6. The van der Waals surface area contributed by atoms with Crippen molar-refractivity contribution in [2.45, 2.75) is 39.2 Å². The number of carbonyl (C=O) groups excluding carboxylic acids is 2. The second-order valence-electron chi connectivity index (χ2n) is 7.17. The normalized spacial score (nSPS) is 13.4. The Labute approximate surface area is 176 Å². The van der Waals surface area contributed by atoms with Gasteiger partial charge in [0.1, 0.15) is 23.1 Å². The minimum atomic E-state index is -0.0494. The fourth-order valence-corrected chi connectivity index (χ4v) is 3.90. The average molecular weight is 457 g/mol. The molecule has 1 aromatic carbocycles. The van der Waals surface area contributed by atoms with E-state index in [0.717, 1.165) is 34.5 Å². The van der Waals surface area contributed by atoms with Gasteiger partial charge in [-0.05, 0) is 25.5 Å². The van der Waals surface area contributed by atoms with Gasteiger partial charge in [-0.3, -0.25) is 14.5 Å². The van der Waals surface area contributed by atoms with Gasteiger partial charge in [-0.2, -0.15) is 5.10 Å². The monoisotopic (exact) mass is 456 g/mol. The van der Waals surface area contributed by atoms with E-state index >= 15 is 0 Å². The highest BCUT2D eigenvalue weighted by Crippen LogP contribution is 2.24. The first-order valence-electron chi connectivity index (χ1n) is 9.57. The van der Waals surface area contributed by atoms with Crippen molar-refractivity contribution in [1.82, 2.24) is 14.9 Å². The van der Waals surface area contributed by atoms with Crippen LogP contribution in [0.2, 0.25) is 0 Å². The Balaban J connectivity index is 1.33. The van der Waals surface area contributed by atoms with Crippen LogP contribution in [-0.4, -0.2) is 33.2 Å². The molecular weight excluding hydrogens is 436 g/mol. The largest absolute Gasteiger partial charge is 0.360 e. The van der Waals surface area contributed by atoms with Gasteiger partial charge >= 0.3 is 0 Å². The number of nitrogens with zero attached hydrogens (tertiary/aromatic N) is 4. The van der Waals surface area contributed by atoms with Gasteiger partial charge in [-0.1, -0.05) is 33.2 Å². The molecule has 4 rings (SSSR count). The van der Waals surface area contributed by atoms with Crippen LogP contribution in [-0.2, 0) is 22.6 Å². The lowest BCUT2D eigenvalue weighted by molar-refractivity contribution is -0.124. The molecule has 0 saturated carbocycles. The lowest BCUT2D eigenvalue weighted by Gasteiger charge is -2.27. The lowest BCUT2D eigenvalue weighted by Crippen LogP contribution is -2.37. The Morgan fingerprint density at radius 2 is 2.03 bits per heavy atom. The van der Waals surface area contributed by atoms with Crippen LogP contribution in [0.15, 0.2) is 45.4 Å². The summed E-state index contributed by atoms with van der Waals surface area (Å²) in [6.45, 7) is 3.39. The van der Waals surface area contributed by atoms with E-state index in [0.29, 0.717) is 18.0 Å². The number of hydrogen-bond donors (Lipinski definition) is 0. The molecule has 0 aliphatic carbocycles. The number of hydrogen-bond acceptors (Lipinski definition) is 5. The number of fused-ring (bicyclic) bond motifs is 1. The summed E-state index contributed by atoms with van der Waals surface area (Å²) in [7, 11) is 0. The molecule has 3 aromatic rings. The molecular formula is C21H21BrN4O3. The molecule has 8 heteroatoms. The SMILES string of the molecule is Cc1cc2n(n1)CCCN2C(=O)CCC(=O)Cc1cc(-c2cccc(Br)c2)no1.